The van der Waals surface area contributed by atoms with Crippen molar-refractivity contribution in [3.05, 3.63) is 72.9 Å². The van der Waals surface area contributed by atoms with Crippen LogP contribution < -0.4 is 10.1 Å². The van der Waals surface area contributed by atoms with E-state index in [4.69, 9.17) is 9.47 Å². The SMILES string of the molecule is CC(C)(C)OC(=O)N1CCC(Oc2cc3nc(Nc4cccc(F)c4)ncc3cc2-c2cccnc2)CC1. The maximum Gasteiger partial charge on any atom is 0.410 e. The van der Waals surface area contributed by atoms with Crippen LogP contribution in [0.4, 0.5) is 20.8 Å². The molecule has 1 saturated heterocycles. The minimum Gasteiger partial charge on any atom is -0.490 e. The summed E-state index contributed by atoms with van der Waals surface area (Å²) in [6.45, 7) is 6.70. The highest BCUT2D eigenvalue weighted by Crippen LogP contribution is 2.35. The number of amides is 1. The van der Waals surface area contributed by atoms with Gasteiger partial charge in [0.25, 0.3) is 0 Å². The second kappa shape index (κ2) is 10.6. The summed E-state index contributed by atoms with van der Waals surface area (Å²) in [6.07, 6.45) is 6.23. The van der Waals surface area contributed by atoms with Gasteiger partial charge in [-0.1, -0.05) is 12.1 Å². The van der Waals surface area contributed by atoms with Crippen molar-refractivity contribution in [1.82, 2.24) is 19.9 Å². The zero-order chi connectivity index (χ0) is 26.7. The van der Waals surface area contributed by atoms with Crippen LogP contribution in [0, 0.1) is 5.82 Å². The summed E-state index contributed by atoms with van der Waals surface area (Å²) in [5, 5.41) is 3.89. The number of nitrogens with zero attached hydrogens (tertiary/aromatic N) is 4. The first-order valence-electron chi connectivity index (χ1n) is 12.6. The van der Waals surface area contributed by atoms with E-state index in [1.165, 1.54) is 12.1 Å². The maximum atomic E-state index is 13.6. The molecule has 1 amide bonds. The lowest BCUT2D eigenvalue weighted by molar-refractivity contribution is 0.0127. The molecule has 0 atom stereocenters. The van der Waals surface area contributed by atoms with Gasteiger partial charge in [0, 0.05) is 72.8 Å². The number of carbonyl (C=O) groups is 1. The third-order valence-electron chi connectivity index (χ3n) is 6.12. The van der Waals surface area contributed by atoms with Crippen molar-refractivity contribution in [2.75, 3.05) is 18.4 Å². The van der Waals surface area contributed by atoms with E-state index in [0.29, 0.717) is 48.8 Å². The first-order valence-corrected chi connectivity index (χ1v) is 12.6. The van der Waals surface area contributed by atoms with Crippen LogP contribution in [0.1, 0.15) is 33.6 Å². The number of anilines is 2. The van der Waals surface area contributed by atoms with E-state index in [0.717, 1.165) is 16.5 Å². The molecule has 2 aromatic carbocycles. The first kappa shape index (κ1) is 25.4. The third-order valence-corrected chi connectivity index (χ3v) is 6.12. The van der Waals surface area contributed by atoms with Gasteiger partial charge in [0.15, 0.2) is 0 Å². The van der Waals surface area contributed by atoms with Crippen LogP contribution in [0.25, 0.3) is 22.0 Å². The zero-order valence-corrected chi connectivity index (χ0v) is 21.6. The van der Waals surface area contributed by atoms with Gasteiger partial charge in [0.1, 0.15) is 23.3 Å². The lowest BCUT2D eigenvalue weighted by Crippen LogP contribution is -2.44. The van der Waals surface area contributed by atoms with Gasteiger partial charge in [0.2, 0.25) is 5.95 Å². The molecule has 1 aliphatic heterocycles. The molecule has 3 heterocycles. The number of likely N-dealkylation sites (tertiary alicyclic amines) is 1. The monoisotopic (exact) mass is 515 g/mol. The van der Waals surface area contributed by atoms with E-state index in [1.807, 2.05) is 45.0 Å². The second-order valence-corrected chi connectivity index (χ2v) is 10.3. The molecule has 0 unspecified atom stereocenters. The summed E-state index contributed by atoms with van der Waals surface area (Å²) < 4.78 is 25.6. The van der Waals surface area contributed by atoms with E-state index in [-0.39, 0.29) is 18.0 Å². The normalized spacial score (nSPS) is 14.4. The minimum absolute atomic E-state index is 0.0757. The summed E-state index contributed by atoms with van der Waals surface area (Å²) in [7, 11) is 0. The summed E-state index contributed by atoms with van der Waals surface area (Å²) in [5.41, 5.74) is 2.52. The molecule has 0 spiro atoms. The molecule has 2 aromatic heterocycles. The van der Waals surface area contributed by atoms with Crippen molar-refractivity contribution in [1.29, 1.82) is 0 Å². The maximum absolute atomic E-state index is 13.6. The highest BCUT2D eigenvalue weighted by atomic mass is 19.1. The Morgan fingerprint density at radius 2 is 1.89 bits per heavy atom. The van der Waals surface area contributed by atoms with Crippen LogP contribution in [-0.2, 0) is 4.74 Å². The van der Waals surface area contributed by atoms with Gasteiger partial charge in [0.05, 0.1) is 5.52 Å². The summed E-state index contributed by atoms with van der Waals surface area (Å²) in [6, 6.07) is 13.9. The number of ether oxygens (including phenoxy) is 2. The predicted molar refractivity (Wildman–Crippen MR) is 144 cm³/mol. The summed E-state index contributed by atoms with van der Waals surface area (Å²) in [4.78, 5) is 27.5. The van der Waals surface area contributed by atoms with Crippen LogP contribution >= 0.6 is 0 Å². The minimum atomic E-state index is -0.529. The van der Waals surface area contributed by atoms with Gasteiger partial charge in [-0.3, -0.25) is 4.98 Å². The molecule has 0 saturated carbocycles. The number of hydrogen-bond acceptors (Lipinski definition) is 7. The van der Waals surface area contributed by atoms with E-state index in [1.54, 1.807) is 35.6 Å². The fourth-order valence-electron chi connectivity index (χ4n) is 4.32. The molecule has 8 nitrogen and oxygen atoms in total. The fourth-order valence-corrected chi connectivity index (χ4v) is 4.32. The molecular weight excluding hydrogens is 485 g/mol. The Morgan fingerprint density at radius 3 is 2.61 bits per heavy atom. The van der Waals surface area contributed by atoms with E-state index in [9.17, 15) is 9.18 Å². The smallest absolute Gasteiger partial charge is 0.410 e. The van der Waals surface area contributed by atoms with Gasteiger partial charge < -0.3 is 19.7 Å². The molecule has 0 bridgehead atoms. The van der Waals surface area contributed by atoms with Crippen molar-refractivity contribution >= 4 is 28.6 Å². The van der Waals surface area contributed by atoms with Crippen LogP contribution in [0.3, 0.4) is 0 Å². The Morgan fingerprint density at radius 1 is 1.08 bits per heavy atom. The number of pyridine rings is 1. The molecule has 0 aliphatic carbocycles. The number of aromatic nitrogens is 3. The molecule has 1 aliphatic rings. The summed E-state index contributed by atoms with van der Waals surface area (Å²) >= 11 is 0. The lowest BCUT2D eigenvalue weighted by Gasteiger charge is -2.33. The van der Waals surface area contributed by atoms with E-state index < -0.39 is 5.60 Å². The number of hydrogen-bond donors (Lipinski definition) is 1. The number of piperidine rings is 1. The Labute approximate surface area is 220 Å². The van der Waals surface area contributed by atoms with Crippen LogP contribution in [0.15, 0.2) is 67.1 Å². The Hall–Kier alpha value is -4.27. The molecule has 196 valence electrons. The topological polar surface area (TPSA) is 89.5 Å². The molecule has 5 rings (SSSR count). The number of fused-ring (bicyclic) bond motifs is 1. The van der Waals surface area contributed by atoms with Crippen LogP contribution in [0.5, 0.6) is 5.75 Å². The number of halogens is 1. The number of nitrogens with one attached hydrogen (secondary N) is 1. The zero-order valence-electron chi connectivity index (χ0n) is 21.6. The molecule has 1 fully saturated rings. The van der Waals surface area contributed by atoms with Gasteiger partial charge in [-0.05, 0) is 51.1 Å². The van der Waals surface area contributed by atoms with Crippen molar-refractivity contribution in [2.24, 2.45) is 0 Å². The number of benzene rings is 2. The van der Waals surface area contributed by atoms with Gasteiger partial charge in [-0.2, -0.15) is 0 Å². The van der Waals surface area contributed by atoms with Gasteiger partial charge in [-0.25, -0.2) is 19.2 Å². The highest BCUT2D eigenvalue weighted by molar-refractivity contribution is 5.88. The molecule has 9 heteroatoms. The van der Waals surface area contributed by atoms with E-state index in [2.05, 4.69) is 20.3 Å². The van der Waals surface area contributed by atoms with Crippen molar-refractivity contribution < 1.29 is 18.7 Å². The number of rotatable bonds is 5. The third kappa shape index (κ3) is 6.16. The summed E-state index contributed by atoms with van der Waals surface area (Å²) in [5.74, 6) is 0.691. The molecule has 38 heavy (non-hydrogen) atoms. The van der Waals surface area contributed by atoms with Crippen molar-refractivity contribution in [3.63, 3.8) is 0 Å². The Balaban J connectivity index is 1.39. The van der Waals surface area contributed by atoms with Gasteiger partial charge >= 0.3 is 6.09 Å². The van der Waals surface area contributed by atoms with Crippen molar-refractivity contribution in [3.8, 4) is 16.9 Å². The van der Waals surface area contributed by atoms with Crippen LogP contribution in [0.2, 0.25) is 0 Å². The van der Waals surface area contributed by atoms with Crippen molar-refractivity contribution in [2.45, 2.75) is 45.3 Å². The number of carbonyl (C=O) groups excluding carboxylic acids is 1. The van der Waals surface area contributed by atoms with Gasteiger partial charge in [-0.15, -0.1) is 0 Å². The fraction of sp³-hybridized carbons (Fsp3) is 0.310. The average Bonchev–Trinajstić information content (AvgIpc) is 2.88. The highest BCUT2D eigenvalue weighted by Gasteiger charge is 2.28. The first-order chi connectivity index (χ1) is 18.2. The Kier molecular flexibility index (Phi) is 7.09. The second-order valence-electron chi connectivity index (χ2n) is 10.3. The lowest BCUT2D eigenvalue weighted by atomic mass is 10.0. The van der Waals surface area contributed by atoms with E-state index >= 15 is 0 Å². The molecule has 0 radical (unpaired) electrons. The van der Waals surface area contributed by atoms with Crippen LogP contribution in [-0.4, -0.2) is 50.7 Å². The standard InChI is InChI=1S/C29H30FN5O3/c1-29(2,3)38-28(36)35-12-9-23(10-13-35)37-26-16-25-20(14-24(26)19-6-5-11-31-17-19)18-32-27(34-25)33-22-8-4-7-21(30)15-22/h4-8,11,14-18,23H,9-10,12-13H2,1-3H3,(H,32,33,34). The molecule has 4 aromatic rings. The largest absolute Gasteiger partial charge is 0.490 e. The average molecular weight is 516 g/mol. The Bertz CT molecular complexity index is 1430. The predicted octanol–water partition coefficient (Wildman–Crippen LogP) is 6.35. The quantitative estimate of drug-likeness (QED) is 0.331. The molecular formula is C29H30FN5O3. The molecule has 1 N–H and O–H groups in total.